The zero-order valence-corrected chi connectivity index (χ0v) is 28.8. The maximum Gasteiger partial charge on any atom is 0.0561 e. The van der Waals surface area contributed by atoms with Crippen LogP contribution in [0.3, 0.4) is 0 Å². The molecule has 0 spiro atoms. The molecule has 12 rings (SSSR count). The Kier molecular flexibility index (Phi) is 5.65. The number of rotatable bonds is 3. The molecule has 4 heteroatoms. The number of hydrogen-bond acceptors (Lipinski definition) is 1. The summed E-state index contributed by atoms with van der Waals surface area (Å²) in [6, 6.07) is 64.8. The van der Waals surface area contributed by atoms with E-state index in [2.05, 4.69) is 190 Å². The molecule has 0 unspecified atom stereocenters. The summed E-state index contributed by atoms with van der Waals surface area (Å²) in [6.45, 7) is 0. The Morgan fingerprint density at radius 2 is 0.596 bits per heavy atom. The fourth-order valence-corrected chi connectivity index (χ4v) is 9.89. The highest BCUT2D eigenvalue weighted by Gasteiger charge is 2.19. The lowest BCUT2D eigenvalue weighted by atomic mass is 10.1. The van der Waals surface area contributed by atoms with E-state index in [0.29, 0.717) is 0 Å². The molecule has 52 heavy (non-hydrogen) atoms. The third-order valence-electron chi connectivity index (χ3n) is 11.0. The Hall–Kier alpha value is -6.62. The van der Waals surface area contributed by atoms with Crippen LogP contribution in [0.5, 0.6) is 0 Å². The van der Waals surface area contributed by atoms with E-state index in [1.54, 1.807) is 0 Å². The van der Waals surface area contributed by atoms with Gasteiger partial charge in [0.15, 0.2) is 0 Å². The number of hydrogen-bond donors (Lipinski definition) is 0. The molecule has 242 valence electrons. The maximum atomic E-state index is 2.46. The Morgan fingerprint density at radius 1 is 0.250 bits per heavy atom. The van der Waals surface area contributed by atoms with E-state index < -0.39 is 0 Å². The van der Waals surface area contributed by atoms with E-state index in [4.69, 9.17) is 0 Å². The summed E-state index contributed by atoms with van der Waals surface area (Å²) in [5.74, 6) is 0. The van der Waals surface area contributed by atoms with Crippen LogP contribution in [0.4, 0.5) is 0 Å². The van der Waals surface area contributed by atoms with Crippen molar-refractivity contribution in [2.45, 2.75) is 0 Å². The molecule has 0 amide bonds. The summed E-state index contributed by atoms with van der Waals surface area (Å²) in [5, 5.41) is 10.2. The Bertz CT molecular complexity index is 3370. The Balaban J connectivity index is 1.14. The van der Waals surface area contributed by atoms with Crippen molar-refractivity contribution in [2.24, 2.45) is 0 Å². The molecule has 0 saturated carbocycles. The molecule has 0 aliphatic heterocycles. The number of thiophene rings is 1. The molecule has 0 saturated heterocycles. The second kappa shape index (κ2) is 10.5. The molecule has 0 bridgehead atoms. The van der Waals surface area contributed by atoms with Crippen LogP contribution in [0, 0.1) is 0 Å². The van der Waals surface area contributed by atoms with Gasteiger partial charge in [-0.25, -0.2) is 0 Å². The van der Waals surface area contributed by atoms with Gasteiger partial charge in [0.05, 0.1) is 33.1 Å². The molecule has 0 aliphatic rings. The smallest absolute Gasteiger partial charge is 0.0561 e. The van der Waals surface area contributed by atoms with Gasteiger partial charge < -0.3 is 13.7 Å². The van der Waals surface area contributed by atoms with Crippen LogP contribution in [0.1, 0.15) is 0 Å². The third kappa shape index (κ3) is 3.79. The summed E-state index contributed by atoms with van der Waals surface area (Å²) in [7, 11) is 0. The summed E-state index contributed by atoms with van der Waals surface area (Å²) < 4.78 is 9.97. The van der Waals surface area contributed by atoms with Crippen LogP contribution in [0.15, 0.2) is 176 Å². The number of nitrogens with zero attached hydrogens (tertiary/aromatic N) is 3. The highest BCUT2D eigenvalue weighted by Crippen LogP contribution is 2.40. The lowest BCUT2D eigenvalue weighted by Crippen LogP contribution is -1.98. The quantitative estimate of drug-likeness (QED) is 0.177. The van der Waals surface area contributed by atoms with Crippen LogP contribution in [-0.2, 0) is 0 Å². The highest BCUT2D eigenvalue weighted by molar-refractivity contribution is 7.25. The van der Waals surface area contributed by atoms with Crippen LogP contribution in [0.2, 0.25) is 0 Å². The molecule has 0 aliphatic carbocycles. The summed E-state index contributed by atoms with van der Waals surface area (Å²) in [4.78, 5) is 0. The Morgan fingerprint density at radius 3 is 1.10 bits per heavy atom. The lowest BCUT2D eigenvalue weighted by molar-refractivity contribution is 1.15. The van der Waals surface area contributed by atoms with Crippen LogP contribution >= 0.6 is 11.3 Å². The predicted molar refractivity (Wildman–Crippen MR) is 222 cm³/mol. The van der Waals surface area contributed by atoms with E-state index in [-0.39, 0.29) is 0 Å². The molecule has 4 heterocycles. The normalized spacial score (nSPS) is 12.2. The van der Waals surface area contributed by atoms with Crippen molar-refractivity contribution in [3.8, 4) is 17.1 Å². The SMILES string of the molecule is c1ccc2c(c1)sc1ccc(-n3c4ccccc4c4ccc(-n5c6ccccc6c6ccc(-n7c8ccccc8c8ccccc87)cc65)cc43)cc12. The molecule has 0 fully saturated rings. The standard InChI is InChI=1S/C48H29N3S/c1-6-16-41-33(11-1)34-12-2-7-17-42(34)49(41)31-21-24-38-36-14-4-9-19-44(36)51(46(38)28-31)32-22-25-37-35-13-3-8-18-43(35)50(45(37)29-32)30-23-26-48-40(27-30)39-15-5-10-20-47(39)52-48/h1-29H. The number of para-hydroxylation sites is 4. The molecule has 0 radical (unpaired) electrons. The van der Waals surface area contributed by atoms with E-state index in [9.17, 15) is 0 Å². The average Bonchev–Trinajstić information content (AvgIpc) is 3.93. The van der Waals surface area contributed by atoms with Gasteiger partial charge >= 0.3 is 0 Å². The monoisotopic (exact) mass is 679 g/mol. The molecular formula is C48H29N3S. The predicted octanol–water partition coefficient (Wildman–Crippen LogP) is 13.3. The number of aromatic nitrogens is 3. The first-order valence-corrected chi connectivity index (χ1v) is 18.6. The van der Waals surface area contributed by atoms with Gasteiger partial charge in [0.2, 0.25) is 0 Å². The van der Waals surface area contributed by atoms with Crippen molar-refractivity contribution in [2.75, 3.05) is 0 Å². The summed E-state index contributed by atoms with van der Waals surface area (Å²) in [6.07, 6.45) is 0. The van der Waals surface area contributed by atoms with Gasteiger partial charge in [-0.3, -0.25) is 0 Å². The van der Waals surface area contributed by atoms with Gasteiger partial charge in [0, 0.05) is 69.6 Å². The van der Waals surface area contributed by atoms with Gasteiger partial charge in [-0.1, -0.05) is 103 Å². The lowest BCUT2D eigenvalue weighted by Gasteiger charge is -2.13. The van der Waals surface area contributed by atoms with Crippen molar-refractivity contribution in [1.29, 1.82) is 0 Å². The van der Waals surface area contributed by atoms with E-state index in [1.807, 2.05) is 11.3 Å². The Labute approximate surface area is 302 Å². The third-order valence-corrected chi connectivity index (χ3v) is 12.2. The van der Waals surface area contributed by atoms with Gasteiger partial charge in [-0.2, -0.15) is 0 Å². The minimum absolute atomic E-state index is 1.14. The molecule has 3 nitrogen and oxygen atoms in total. The van der Waals surface area contributed by atoms with E-state index in [0.717, 1.165) is 11.4 Å². The van der Waals surface area contributed by atoms with Gasteiger partial charge in [-0.05, 0) is 72.8 Å². The van der Waals surface area contributed by atoms with Crippen LogP contribution in [-0.4, -0.2) is 13.7 Å². The number of benzene rings is 8. The average molecular weight is 680 g/mol. The largest absolute Gasteiger partial charge is 0.309 e. The van der Waals surface area contributed by atoms with Crippen molar-refractivity contribution in [3.63, 3.8) is 0 Å². The van der Waals surface area contributed by atoms with E-state index >= 15 is 0 Å². The molecule has 8 aromatic carbocycles. The molecule has 4 aromatic heterocycles. The topological polar surface area (TPSA) is 14.8 Å². The number of fused-ring (bicyclic) bond motifs is 12. The molecule has 0 atom stereocenters. The summed E-state index contributed by atoms with van der Waals surface area (Å²) >= 11 is 1.86. The fourth-order valence-electron chi connectivity index (χ4n) is 8.81. The fraction of sp³-hybridized carbons (Fsp3) is 0. The van der Waals surface area contributed by atoms with Crippen molar-refractivity contribution in [1.82, 2.24) is 13.7 Å². The van der Waals surface area contributed by atoms with E-state index in [1.165, 1.54) is 91.3 Å². The first-order chi connectivity index (χ1) is 25.8. The van der Waals surface area contributed by atoms with Crippen LogP contribution < -0.4 is 0 Å². The zero-order chi connectivity index (χ0) is 33.9. The minimum atomic E-state index is 1.14. The second-order valence-corrected chi connectivity index (χ2v) is 14.8. The van der Waals surface area contributed by atoms with Crippen LogP contribution in [0.25, 0.3) is 103 Å². The highest BCUT2D eigenvalue weighted by atomic mass is 32.1. The second-order valence-electron chi connectivity index (χ2n) is 13.8. The summed E-state index contributed by atoms with van der Waals surface area (Å²) in [5.41, 5.74) is 10.7. The first kappa shape index (κ1) is 28.1. The van der Waals surface area contributed by atoms with Gasteiger partial charge in [0.1, 0.15) is 0 Å². The zero-order valence-electron chi connectivity index (χ0n) is 28.0. The first-order valence-electron chi connectivity index (χ1n) is 17.8. The van der Waals surface area contributed by atoms with Crippen molar-refractivity contribution < 1.29 is 0 Å². The van der Waals surface area contributed by atoms with Gasteiger partial charge in [-0.15, -0.1) is 11.3 Å². The molecule has 12 aromatic rings. The van der Waals surface area contributed by atoms with Crippen molar-refractivity contribution in [3.05, 3.63) is 176 Å². The maximum absolute atomic E-state index is 2.46. The minimum Gasteiger partial charge on any atom is -0.309 e. The van der Waals surface area contributed by atoms with Crippen molar-refractivity contribution >= 4 is 96.9 Å². The molecule has 0 N–H and O–H groups in total. The molecular weight excluding hydrogens is 651 g/mol. The van der Waals surface area contributed by atoms with Gasteiger partial charge in [0.25, 0.3) is 0 Å².